The molecule has 1 atom stereocenters. The molecule has 3 N–H and O–H groups in total. The number of hydrogen-bond donors (Lipinski definition) is 2. The number of rotatable bonds is 4. The fourth-order valence-corrected chi connectivity index (χ4v) is 2.53. The Bertz CT molecular complexity index is 599. The van der Waals surface area contributed by atoms with Crippen LogP contribution in [0.4, 0.5) is 13.2 Å². The van der Waals surface area contributed by atoms with E-state index in [1.54, 1.807) is 6.07 Å². The van der Waals surface area contributed by atoms with Gasteiger partial charge in [-0.1, -0.05) is 28.1 Å². The molecule has 0 saturated carbocycles. The third kappa shape index (κ3) is 3.39. The summed E-state index contributed by atoms with van der Waals surface area (Å²) in [7, 11) is 0. The smallest absolute Gasteiger partial charge is 0.163 e. The first-order valence-corrected chi connectivity index (χ1v) is 6.65. The molecule has 0 fully saturated rings. The molecule has 6 heteroatoms. The van der Waals surface area contributed by atoms with Gasteiger partial charge in [-0.3, -0.25) is 11.3 Å². The Labute approximate surface area is 122 Å². The number of hydrazine groups is 1. The molecule has 0 aromatic heterocycles. The summed E-state index contributed by atoms with van der Waals surface area (Å²) >= 11 is 3.18. The maximum atomic E-state index is 13.7. The SMILES string of the molecule is NNC(Cc1cc(F)cc(Br)c1)c1cccc(F)c1F. The minimum Gasteiger partial charge on any atom is -0.271 e. The van der Waals surface area contributed by atoms with Crippen molar-refractivity contribution in [3.05, 3.63) is 69.4 Å². The van der Waals surface area contributed by atoms with Crippen LogP contribution in [0.25, 0.3) is 0 Å². The van der Waals surface area contributed by atoms with Crippen molar-refractivity contribution in [3.63, 3.8) is 0 Å². The van der Waals surface area contributed by atoms with Gasteiger partial charge in [-0.2, -0.15) is 0 Å². The lowest BCUT2D eigenvalue weighted by Gasteiger charge is -2.17. The zero-order valence-corrected chi connectivity index (χ0v) is 11.9. The lowest BCUT2D eigenvalue weighted by Crippen LogP contribution is -2.30. The molecule has 0 amide bonds. The quantitative estimate of drug-likeness (QED) is 0.656. The van der Waals surface area contributed by atoms with Gasteiger partial charge < -0.3 is 0 Å². The molecule has 0 radical (unpaired) electrons. The maximum absolute atomic E-state index is 13.7. The molecule has 106 valence electrons. The van der Waals surface area contributed by atoms with E-state index in [9.17, 15) is 13.2 Å². The third-order valence-electron chi connectivity index (χ3n) is 2.92. The van der Waals surface area contributed by atoms with Gasteiger partial charge in [0, 0.05) is 10.0 Å². The number of benzene rings is 2. The molecular weight excluding hydrogens is 333 g/mol. The maximum Gasteiger partial charge on any atom is 0.163 e. The normalized spacial score (nSPS) is 12.4. The van der Waals surface area contributed by atoms with Gasteiger partial charge in [0.2, 0.25) is 0 Å². The minimum absolute atomic E-state index is 0.105. The van der Waals surface area contributed by atoms with Crippen LogP contribution >= 0.6 is 15.9 Å². The average Bonchev–Trinajstić information content (AvgIpc) is 2.38. The summed E-state index contributed by atoms with van der Waals surface area (Å²) in [5.41, 5.74) is 3.15. The third-order valence-corrected chi connectivity index (χ3v) is 3.38. The Balaban J connectivity index is 2.31. The summed E-state index contributed by atoms with van der Waals surface area (Å²) in [5.74, 6) is 3.10. The Morgan fingerprint density at radius 1 is 1.15 bits per heavy atom. The van der Waals surface area contributed by atoms with Gasteiger partial charge in [-0.05, 0) is 36.2 Å². The van der Waals surface area contributed by atoms with Crippen molar-refractivity contribution < 1.29 is 13.2 Å². The lowest BCUT2D eigenvalue weighted by atomic mass is 9.99. The molecule has 0 heterocycles. The largest absolute Gasteiger partial charge is 0.271 e. The van der Waals surface area contributed by atoms with Crippen LogP contribution in [-0.4, -0.2) is 0 Å². The number of hydrogen-bond acceptors (Lipinski definition) is 2. The van der Waals surface area contributed by atoms with Crippen LogP contribution in [-0.2, 0) is 6.42 Å². The Morgan fingerprint density at radius 3 is 2.55 bits per heavy atom. The molecule has 1 unspecified atom stereocenters. The van der Waals surface area contributed by atoms with Crippen molar-refractivity contribution in [1.29, 1.82) is 0 Å². The van der Waals surface area contributed by atoms with Gasteiger partial charge in [0.25, 0.3) is 0 Å². The molecule has 0 spiro atoms. The molecule has 0 bridgehead atoms. The van der Waals surface area contributed by atoms with Crippen molar-refractivity contribution in [2.45, 2.75) is 12.5 Å². The topological polar surface area (TPSA) is 38.0 Å². The molecule has 0 aliphatic heterocycles. The Morgan fingerprint density at radius 2 is 1.90 bits per heavy atom. The van der Waals surface area contributed by atoms with Gasteiger partial charge >= 0.3 is 0 Å². The van der Waals surface area contributed by atoms with Crippen LogP contribution in [0, 0.1) is 17.5 Å². The van der Waals surface area contributed by atoms with Gasteiger partial charge in [-0.25, -0.2) is 13.2 Å². The van der Waals surface area contributed by atoms with Crippen LogP contribution in [0.2, 0.25) is 0 Å². The zero-order chi connectivity index (χ0) is 14.7. The fourth-order valence-electron chi connectivity index (χ4n) is 2.01. The van der Waals surface area contributed by atoms with Crippen molar-refractivity contribution in [2.75, 3.05) is 0 Å². The van der Waals surface area contributed by atoms with Crippen LogP contribution in [0.15, 0.2) is 40.9 Å². The van der Waals surface area contributed by atoms with Crippen molar-refractivity contribution in [2.24, 2.45) is 5.84 Å². The molecule has 2 aromatic rings. The van der Waals surface area contributed by atoms with Gasteiger partial charge in [0.05, 0.1) is 6.04 Å². The van der Waals surface area contributed by atoms with Crippen LogP contribution in [0.5, 0.6) is 0 Å². The van der Waals surface area contributed by atoms with E-state index < -0.39 is 23.5 Å². The summed E-state index contributed by atoms with van der Waals surface area (Å²) in [4.78, 5) is 0. The van der Waals surface area contributed by atoms with Crippen molar-refractivity contribution in [1.82, 2.24) is 5.43 Å². The van der Waals surface area contributed by atoms with Crippen LogP contribution < -0.4 is 11.3 Å². The Hall–Kier alpha value is -1.37. The van der Waals surface area contributed by atoms with E-state index in [-0.39, 0.29) is 12.0 Å². The first-order valence-electron chi connectivity index (χ1n) is 5.86. The monoisotopic (exact) mass is 344 g/mol. The zero-order valence-electron chi connectivity index (χ0n) is 10.3. The van der Waals surface area contributed by atoms with Gasteiger partial charge in [-0.15, -0.1) is 0 Å². The van der Waals surface area contributed by atoms with E-state index >= 15 is 0 Å². The summed E-state index contributed by atoms with van der Waals surface area (Å²) in [6, 6.07) is 7.57. The number of halogens is 4. The molecule has 20 heavy (non-hydrogen) atoms. The number of nitrogens with two attached hydrogens (primary N) is 1. The molecular formula is C14H12BrF3N2. The summed E-state index contributed by atoms with van der Waals surface area (Å²) in [5, 5.41) is 0. The van der Waals surface area contributed by atoms with E-state index in [0.717, 1.165) is 6.07 Å². The second kappa shape index (κ2) is 6.39. The van der Waals surface area contributed by atoms with Crippen molar-refractivity contribution >= 4 is 15.9 Å². The number of nitrogens with one attached hydrogen (secondary N) is 1. The highest BCUT2D eigenvalue weighted by molar-refractivity contribution is 9.10. The predicted molar refractivity (Wildman–Crippen MR) is 74.2 cm³/mol. The first kappa shape index (κ1) is 15.0. The molecule has 0 aliphatic rings. The van der Waals surface area contributed by atoms with E-state index in [4.69, 9.17) is 5.84 Å². The highest BCUT2D eigenvalue weighted by Crippen LogP contribution is 2.24. The molecule has 2 nitrogen and oxygen atoms in total. The van der Waals surface area contributed by atoms with E-state index in [1.807, 2.05) is 0 Å². The van der Waals surface area contributed by atoms with Crippen LogP contribution in [0.3, 0.4) is 0 Å². The second-order valence-corrected chi connectivity index (χ2v) is 5.26. The van der Waals surface area contributed by atoms with E-state index in [2.05, 4.69) is 21.4 Å². The molecule has 2 aromatic carbocycles. The van der Waals surface area contributed by atoms with Crippen molar-refractivity contribution in [3.8, 4) is 0 Å². The average molecular weight is 345 g/mol. The minimum atomic E-state index is -0.953. The standard InChI is InChI=1S/C14H12BrF3N2/c15-9-4-8(5-10(16)7-9)6-13(20-19)11-2-1-3-12(17)14(11)18/h1-5,7,13,20H,6,19H2. The van der Waals surface area contributed by atoms with E-state index in [1.165, 1.54) is 24.3 Å². The summed E-state index contributed by atoms with van der Waals surface area (Å²) in [6.07, 6.45) is 0.229. The van der Waals surface area contributed by atoms with E-state index in [0.29, 0.717) is 10.0 Å². The molecule has 0 saturated heterocycles. The second-order valence-electron chi connectivity index (χ2n) is 4.34. The molecule has 0 aliphatic carbocycles. The molecule has 2 rings (SSSR count). The van der Waals surface area contributed by atoms with Gasteiger partial charge in [0.1, 0.15) is 5.82 Å². The van der Waals surface area contributed by atoms with Gasteiger partial charge in [0.15, 0.2) is 11.6 Å². The van der Waals surface area contributed by atoms with Crippen LogP contribution in [0.1, 0.15) is 17.2 Å². The fraction of sp³-hybridized carbons (Fsp3) is 0.143. The summed E-state index contributed by atoms with van der Waals surface area (Å²) in [6.45, 7) is 0. The first-order chi connectivity index (χ1) is 9.51. The predicted octanol–water partition coefficient (Wildman–Crippen LogP) is 3.61. The lowest BCUT2D eigenvalue weighted by molar-refractivity contribution is 0.464. The highest BCUT2D eigenvalue weighted by atomic mass is 79.9. The Kier molecular flexibility index (Phi) is 4.80. The highest BCUT2D eigenvalue weighted by Gasteiger charge is 2.18. The summed E-state index contributed by atoms with van der Waals surface area (Å²) < 4.78 is 40.9.